The number of hydrogen-bond acceptors (Lipinski definition) is 6. The molecule has 0 saturated heterocycles. The van der Waals surface area contributed by atoms with Crippen molar-refractivity contribution in [3.8, 4) is 0 Å². The Kier molecular flexibility index (Phi) is 4.08. The first-order chi connectivity index (χ1) is 12.5. The van der Waals surface area contributed by atoms with E-state index < -0.39 is 0 Å². The molecular weight excluding hydrogens is 350 g/mol. The van der Waals surface area contributed by atoms with Crippen LogP contribution in [0, 0.1) is 0 Å². The van der Waals surface area contributed by atoms with Gasteiger partial charge < -0.3 is 15.2 Å². The molecule has 0 aliphatic heterocycles. The lowest BCUT2D eigenvalue weighted by atomic mass is 10.1. The van der Waals surface area contributed by atoms with E-state index in [-0.39, 0.29) is 6.04 Å². The fraction of sp³-hybridized carbons (Fsp3) is 0.222. The van der Waals surface area contributed by atoms with Gasteiger partial charge in [0.05, 0.1) is 23.1 Å². The maximum Gasteiger partial charge on any atom is 0.182 e. The molecule has 1 aromatic carbocycles. The molecule has 7 nitrogen and oxygen atoms in total. The fourth-order valence-electron chi connectivity index (χ4n) is 2.97. The molecule has 0 aliphatic carbocycles. The highest BCUT2D eigenvalue weighted by Crippen LogP contribution is 2.33. The highest BCUT2D eigenvalue weighted by molar-refractivity contribution is 6.36. The van der Waals surface area contributed by atoms with E-state index in [1.165, 1.54) is 6.33 Å². The van der Waals surface area contributed by atoms with Gasteiger partial charge in [0.25, 0.3) is 0 Å². The predicted molar refractivity (Wildman–Crippen MR) is 105 cm³/mol. The van der Waals surface area contributed by atoms with E-state index in [0.29, 0.717) is 16.5 Å². The van der Waals surface area contributed by atoms with Gasteiger partial charge in [-0.15, -0.1) is 0 Å². The van der Waals surface area contributed by atoms with Crippen molar-refractivity contribution in [1.29, 1.82) is 0 Å². The van der Waals surface area contributed by atoms with Crippen molar-refractivity contribution in [2.24, 2.45) is 0 Å². The summed E-state index contributed by atoms with van der Waals surface area (Å²) in [5, 5.41) is 6.09. The maximum atomic E-state index is 6.41. The molecule has 26 heavy (non-hydrogen) atoms. The molecule has 0 fully saturated rings. The zero-order chi connectivity index (χ0) is 18.3. The number of benzene rings is 1. The number of hydrogen-bond donors (Lipinski definition) is 2. The number of pyridine rings is 1. The van der Waals surface area contributed by atoms with Crippen molar-refractivity contribution in [3.05, 3.63) is 47.6 Å². The minimum absolute atomic E-state index is 0.0709. The van der Waals surface area contributed by atoms with Crippen LogP contribution in [0.3, 0.4) is 0 Å². The largest absolute Gasteiger partial charge is 0.362 e. The molecule has 132 valence electrons. The van der Waals surface area contributed by atoms with Gasteiger partial charge in [-0.3, -0.25) is 0 Å². The molecule has 1 unspecified atom stereocenters. The minimum Gasteiger partial charge on any atom is -0.362 e. The fourth-order valence-corrected chi connectivity index (χ4v) is 3.23. The van der Waals surface area contributed by atoms with Crippen LogP contribution in [0.4, 0.5) is 11.6 Å². The zero-order valence-corrected chi connectivity index (χ0v) is 15.4. The summed E-state index contributed by atoms with van der Waals surface area (Å²) in [6.45, 7) is 2.04. The standard InChI is InChI=1S/C18H18ClN7/c1-10(24-17-15-16(21-8-20-15)22-9-23-17)13-7-11-5-4-6-12(19)14(11)18(25-13)26(2)3/h4-10H,1-3H3,(H2,20,21,22,23,24). The van der Waals surface area contributed by atoms with E-state index in [1.54, 1.807) is 6.33 Å². The molecule has 3 heterocycles. The first-order valence-corrected chi connectivity index (χ1v) is 8.59. The number of fused-ring (bicyclic) bond motifs is 2. The summed E-state index contributed by atoms with van der Waals surface area (Å²) in [7, 11) is 3.93. The topological polar surface area (TPSA) is 82.6 Å². The number of imidazole rings is 1. The second kappa shape index (κ2) is 6.42. The Labute approximate surface area is 155 Å². The third-order valence-corrected chi connectivity index (χ3v) is 4.57. The Hall–Kier alpha value is -2.93. The molecule has 4 rings (SSSR count). The number of anilines is 2. The second-order valence-corrected chi connectivity index (χ2v) is 6.70. The molecule has 0 radical (unpaired) electrons. The second-order valence-electron chi connectivity index (χ2n) is 6.29. The zero-order valence-electron chi connectivity index (χ0n) is 14.7. The SMILES string of the molecule is CC(Nc1ncnc2nc[nH]c12)c1cc2cccc(Cl)c2c(N(C)C)n1. The van der Waals surface area contributed by atoms with Crippen molar-refractivity contribution in [2.45, 2.75) is 13.0 Å². The van der Waals surface area contributed by atoms with Gasteiger partial charge in [0.2, 0.25) is 0 Å². The van der Waals surface area contributed by atoms with E-state index in [2.05, 4.69) is 31.3 Å². The summed E-state index contributed by atoms with van der Waals surface area (Å²) < 4.78 is 0. The summed E-state index contributed by atoms with van der Waals surface area (Å²) in [5.41, 5.74) is 2.30. The van der Waals surface area contributed by atoms with Gasteiger partial charge >= 0.3 is 0 Å². The first-order valence-electron chi connectivity index (χ1n) is 8.21. The van der Waals surface area contributed by atoms with Crippen LogP contribution in [0.25, 0.3) is 21.9 Å². The van der Waals surface area contributed by atoms with E-state index in [1.807, 2.05) is 44.1 Å². The normalized spacial score (nSPS) is 12.5. The van der Waals surface area contributed by atoms with E-state index in [0.717, 1.165) is 27.8 Å². The molecule has 2 N–H and O–H groups in total. The van der Waals surface area contributed by atoms with Gasteiger partial charge in [0, 0.05) is 19.5 Å². The van der Waals surface area contributed by atoms with Crippen molar-refractivity contribution >= 4 is 45.2 Å². The van der Waals surface area contributed by atoms with Crippen LogP contribution < -0.4 is 10.2 Å². The lowest BCUT2D eigenvalue weighted by Crippen LogP contribution is -2.15. The minimum atomic E-state index is -0.0709. The molecule has 8 heteroatoms. The summed E-state index contributed by atoms with van der Waals surface area (Å²) in [6.07, 6.45) is 3.10. The van der Waals surface area contributed by atoms with Crippen molar-refractivity contribution < 1.29 is 0 Å². The van der Waals surface area contributed by atoms with Crippen molar-refractivity contribution in [3.63, 3.8) is 0 Å². The molecule has 0 bridgehead atoms. The van der Waals surface area contributed by atoms with Gasteiger partial charge in [0.15, 0.2) is 11.5 Å². The van der Waals surface area contributed by atoms with Crippen LogP contribution >= 0.6 is 11.6 Å². The Morgan fingerprint density at radius 2 is 2.04 bits per heavy atom. The Bertz CT molecular complexity index is 1090. The summed E-state index contributed by atoms with van der Waals surface area (Å²) in [4.78, 5) is 22.5. The van der Waals surface area contributed by atoms with Crippen LogP contribution in [0.1, 0.15) is 18.7 Å². The molecule has 4 aromatic rings. The summed E-state index contributed by atoms with van der Waals surface area (Å²) in [5.74, 6) is 1.53. The highest BCUT2D eigenvalue weighted by Gasteiger charge is 2.16. The predicted octanol–water partition coefficient (Wildman–Crippen LogP) is 3.79. The van der Waals surface area contributed by atoms with Crippen LogP contribution in [0.2, 0.25) is 5.02 Å². The van der Waals surface area contributed by atoms with Crippen LogP contribution in [-0.2, 0) is 0 Å². The molecule has 0 aliphatic rings. The maximum absolute atomic E-state index is 6.41. The molecular formula is C18H18ClN7. The van der Waals surface area contributed by atoms with Gasteiger partial charge in [0.1, 0.15) is 17.7 Å². The number of nitrogens with zero attached hydrogens (tertiary/aromatic N) is 5. The Morgan fingerprint density at radius 3 is 2.85 bits per heavy atom. The van der Waals surface area contributed by atoms with Crippen LogP contribution in [0.15, 0.2) is 36.9 Å². The van der Waals surface area contributed by atoms with Crippen LogP contribution in [-0.4, -0.2) is 39.0 Å². The lowest BCUT2D eigenvalue weighted by molar-refractivity contribution is 0.831. The molecule has 0 spiro atoms. The smallest absolute Gasteiger partial charge is 0.182 e. The van der Waals surface area contributed by atoms with Gasteiger partial charge in [-0.2, -0.15) is 0 Å². The van der Waals surface area contributed by atoms with Gasteiger partial charge in [-0.1, -0.05) is 23.7 Å². The Morgan fingerprint density at radius 1 is 1.19 bits per heavy atom. The lowest BCUT2D eigenvalue weighted by Gasteiger charge is -2.20. The van der Waals surface area contributed by atoms with Crippen molar-refractivity contribution in [2.75, 3.05) is 24.3 Å². The highest BCUT2D eigenvalue weighted by atomic mass is 35.5. The third kappa shape index (κ3) is 2.80. The van der Waals surface area contributed by atoms with E-state index in [4.69, 9.17) is 16.6 Å². The third-order valence-electron chi connectivity index (χ3n) is 4.25. The molecule has 1 atom stereocenters. The van der Waals surface area contributed by atoms with Gasteiger partial charge in [-0.25, -0.2) is 19.9 Å². The van der Waals surface area contributed by atoms with E-state index >= 15 is 0 Å². The summed E-state index contributed by atoms with van der Waals surface area (Å²) in [6, 6.07) is 7.86. The molecule has 0 amide bonds. The number of nitrogens with one attached hydrogen (secondary N) is 2. The number of aromatic amines is 1. The van der Waals surface area contributed by atoms with Crippen molar-refractivity contribution in [1.82, 2.24) is 24.9 Å². The monoisotopic (exact) mass is 367 g/mol. The van der Waals surface area contributed by atoms with Gasteiger partial charge in [-0.05, 0) is 24.4 Å². The first kappa shape index (κ1) is 16.5. The average molecular weight is 368 g/mol. The summed E-state index contributed by atoms with van der Waals surface area (Å²) >= 11 is 6.41. The number of halogens is 1. The van der Waals surface area contributed by atoms with E-state index in [9.17, 15) is 0 Å². The molecule has 3 aromatic heterocycles. The number of rotatable bonds is 4. The number of H-pyrrole nitrogens is 1. The van der Waals surface area contributed by atoms with Crippen LogP contribution in [0.5, 0.6) is 0 Å². The average Bonchev–Trinajstić information content (AvgIpc) is 3.10. The number of aromatic nitrogens is 5. The Balaban J connectivity index is 1.77. The quantitative estimate of drug-likeness (QED) is 0.571. The molecule has 0 saturated carbocycles.